The Morgan fingerprint density at radius 1 is 1.61 bits per heavy atom. The molecule has 5 heteroatoms. The Labute approximate surface area is 111 Å². The van der Waals surface area contributed by atoms with Crippen LogP contribution in [0.2, 0.25) is 0 Å². The first kappa shape index (κ1) is 13.3. The van der Waals surface area contributed by atoms with Crippen LogP contribution in [0.1, 0.15) is 45.2 Å². The van der Waals surface area contributed by atoms with E-state index in [4.69, 9.17) is 0 Å². The number of hydrogen-bond donors (Lipinski definition) is 2. The molecule has 0 unspecified atom stereocenters. The molecule has 1 aromatic heterocycles. The fraction of sp³-hybridized carbons (Fsp3) is 0.692. The third-order valence-corrected chi connectivity index (χ3v) is 4.60. The SMILES string of the molecule is CCc1csc(NC2(C(=O)O)CCC(C)CC2)n1. The fourth-order valence-electron chi connectivity index (χ4n) is 2.38. The Morgan fingerprint density at radius 2 is 2.28 bits per heavy atom. The van der Waals surface area contributed by atoms with Crippen LogP contribution in [0.3, 0.4) is 0 Å². The number of rotatable bonds is 4. The van der Waals surface area contributed by atoms with Crippen LogP contribution in [0, 0.1) is 5.92 Å². The van der Waals surface area contributed by atoms with Gasteiger partial charge in [0.25, 0.3) is 0 Å². The van der Waals surface area contributed by atoms with Crippen molar-refractivity contribution in [2.24, 2.45) is 5.92 Å². The molecular formula is C13H20N2O2S. The zero-order valence-corrected chi connectivity index (χ0v) is 11.7. The summed E-state index contributed by atoms with van der Waals surface area (Å²) >= 11 is 1.50. The molecule has 0 aliphatic heterocycles. The van der Waals surface area contributed by atoms with Gasteiger partial charge in [0.2, 0.25) is 0 Å². The summed E-state index contributed by atoms with van der Waals surface area (Å²) in [5.74, 6) is -0.121. The molecule has 0 aromatic carbocycles. The lowest BCUT2D eigenvalue weighted by molar-refractivity contribution is -0.143. The van der Waals surface area contributed by atoms with Gasteiger partial charge in [-0.1, -0.05) is 13.8 Å². The lowest BCUT2D eigenvalue weighted by Gasteiger charge is -2.36. The Morgan fingerprint density at radius 3 is 2.78 bits per heavy atom. The van der Waals surface area contributed by atoms with Crippen LogP contribution in [0.5, 0.6) is 0 Å². The van der Waals surface area contributed by atoms with E-state index in [1.165, 1.54) is 11.3 Å². The minimum Gasteiger partial charge on any atom is -0.480 e. The van der Waals surface area contributed by atoms with E-state index in [9.17, 15) is 9.90 Å². The van der Waals surface area contributed by atoms with Gasteiger partial charge in [-0.05, 0) is 38.0 Å². The van der Waals surface area contributed by atoms with Crippen molar-refractivity contribution in [1.29, 1.82) is 0 Å². The number of carboxylic acids is 1. The molecule has 1 heterocycles. The molecule has 4 nitrogen and oxygen atoms in total. The van der Waals surface area contributed by atoms with Crippen molar-refractivity contribution in [3.8, 4) is 0 Å². The zero-order chi connectivity index (χ0) is 13.2. The first-order valence-electron chi connectivity index (χ1n) is 6.52. The molecule has 1 aromatic rings. The smallest absolute Gasteiger partial charge is 0.329 e. The molecule has 0 bridgehead atoms. The minimum atomic E-state index is -0.810. The highest BCUT2D eigenvalue weighted by molar-refractivity contribution is 7.13. The van der Waals surface area contributed by atoms with Crippen LogP contribution < -0.4 is 5.32 Å². The Hall–Kier alpha value is -1.10. The molecule has 2 rings (SSSR count). The summed E-state index contributed by atoms with van der Waals surface area (Å²) in [7, 11) is 0. The van der Waals surface area contributed by atoms with Crippen LogP contribution >= 0.6 is 11.3 Å². The number of aromatic nitrogens is 1. The van der Waals surface area contributed by atoms with Gasteiger partial charge < -0.3 is 10.4 Å². The third kappa shape index (κ3) is 2.66. The van der Waals surface area contributed by atoms with E-state index in [1.807, 2.05) is 12.3 Å². The Balaban J connectivity index is 2.13. The highest BCUT2D eigenvalue weighted by atomic mass is 32.1. The van der Waals surface area contributed by atoms with Crippen molar-refractivity contribution in [2.45, 2.75) is 51.5 Å². The van der Waals surface area contributed by atoms with Gasteiger partial charge >= 0.3 is 5.97 Å². The van der Waals surface area contributed by atoms with E-state index in [1.54, 1.807) is 0 Å². The maximum atomic E-state index is 11.6. The van der Waals surface area contributed by atoms with Gasteiger partial charge in [0, 0.05) is 5.38 Å². The van der Waals surface area contributed by atoms with Crippen LogP contribution in [-0.4, -0.2) is 21.6 Å². The number of nitrogens with one attached hydrogen (secondary N) is 1. The molecule has 1 saturated carbocycles. The number of anilines is 1. The summed E-state index contributed by atoms with van der Waals surface area (Å²) in [6.07, 6.45) is 4.18. The van der Waals surface area contributed by atoms with Gasteiger partial charge in [-0.3, -0.25) is 0 Å². The molecule has 100 valence electrons. The van der Waals surface area contributed by atoms with Gasteiger partial charge in [0.1, 0.15) is 5.54 Å². The summed E-state index contributed by atoms with van der Waals surface area (Å²) in [6.45, 7) is 4.23. The number of nitrogens with zero attached hydrogens (tertiary/aromatic N) is 1. The summed E-state index contributed by atoms with van der Waals surface area (Å²) in [5, 5.41) is 15.4. The molecule has 0 saturated heterocycles. The average molecular weight is 268 g/mol. The largest absolute Gasteiger partial charge is 0.480 e. The first-order chi connectivity index (χ1) is 8.55. The van der Waals surface area contributed by atoms with Crippen LogP contribution in [-0.2, 0) is 11.2 Å². The number of carbonyl (C=O) groups is 1. The van der Waals surface area contributed by atoms with Crippen LogP contribution in [0.15, 0.2) is 5.38 Å². The number of hydrogen-bond acceptors (Lipinski definition) is 4. The standard InChI is InChI=1S/C13H20N2O2S/c1-3-10-8-18-12(14-10)15-13(11(16)17)6-4-9(2)5-7-13/h8-9H,3-7H2,1-2H3,(H,14,15)(H,16,17). The van der Waals surface area contributed by atoms with Gasteiger partial charge in [-0.2, -0.15) is 0 Å². The van der Waals surface area contributed by atoms with E-state index in [0.717, 1.165) is 30.1 Å². The maximum absolute atomic E-state index is 11.6. The molecule has 18 heavy (non-hydrogen) atoms. The molecule has 0 spiro atoms. The molecular weight excluding hydrogens is 248 g/mol. The molecule has 1 fully saturated rings. The predicted molar refractivity (Wildman–Crippen MR) is 73.1 cm³/mol. The summed E-state index contributed by atoms with van der Waals surface area (Å²) in [5.41, 5.74) is 0.210. The van der Waals surface area contributed by atoms with E-state index in [0.29, 0.717) is 18.8 Å². The normalized spacial score (nSPS) is 28.0. The lowest BCUT2D eigenvalue weighted by Crippen LogP contribution is -2.48. The fourth-order valence-corrected chi connectivity index (χ4v) is 3.27. The number of carboxylic acid groups (broad SMARTS) is 1. The third-order valence-electron chi connectivity index (χ3n) is 3.80. The Kier molecular flexibility index (Phi) is 3.90. The monoisotopic (exact) mass is 268 g/mol. The minimum absolute atomic E-state index is 0.627. The van der Waals surface area contributed by atoms with Gasteiger partial charge in [0.05, 0.1) is 5.69 Å². The second kappa shape index (κ2) is 5.26. The van der Waals surface area contributed by atoms with E-state index < -0.39 is 11.5 Å². The van der Waals surface area contributed by atoms with Crippen molar-refractivity contribution in [3.05, 3.63) is 11.1 Å². The molecule has 0 amide bonds. The van der Waals surface area contributed by atoms with Crippen molar-refractivity contribution < 1.29 is 9.90 Å². The zero-order valence-electron chi connectivity index (χ0n) is 10.9. The van der Waals surface area contributed by atoms with Gasteiger partial charge in [0.15, 0.2) is 5.13 Å². The molecule has 1 aliphatic rings. The topological polar surface area (TPSA) is 62.2 Å². The van der Waals surface area contributed by atoms with Crippen LogP contribution in [0.25, 0.3) is 0 Å². The highest BCUT2D eigenvalue weighted by Gasteiger charge is 2.41. The number of aryl methyl sites for hydroxylation is 1. The number of thiazole rings is 1. The van der Waals surface area contributed by atoms with Gasteiger partial charge in [-0.25, -0.2) is 9.78 Å². The van der Waals surface area contributed by atoms with Gasteiger partial charge in [-0.15, -0.1) is 11.3 Å². The van der Waals surface area contributed by atoms with Crippen LogP contribution in [0.4, 0.5) is 5.13 Å². The van der Waals surface area contributed by atoms with Crippen molar-refractivity contribution in [3.63, 3.8) is 0 Å². The number of aliphatic carboxylic acids is 1. The predicted octanol–water partition coefficient (Wildman–Crippen LogP) is 3.15. The van der Waals surface area contributed by atoms with E-state index >= 15 is 0 Å². The Bertz CT molecular complexity index is 422. The summed E-state index contributed by atoms with van der Waals surface area (Å²) < 4.78 is 0. The second-order valence-corrected chi connectivity index (χ2v) is 6.05. The van der Waals surface area contributed by atoms with E-state index in [-0.39, 0.29) is 0 Å². The summed E-state index contributed by atoms with van der Waals surface area (Å²) in [6, 6.07) is 0. The quantitative estimate of drug-likeness (QED) is 0.880. The van der Waals surface area contributed by atoms with Crippen molar-refractivity contribution in [1.82, 2.24) is 4.98 Å². The van der Waals surface area contributed by atoms with E-state index in [2.05, 4.69) is 17.2 Å². The average Bonchev–Trinajstić information content (AvgIpc) is 2.79. The highest BCUT2D eigenvalue weighted by Crippen LogP contribution is 2.35. The molecule has 2 N–H and O–H groups in total. The van der Waals surface area contributed by atoms with Crippen molar-refractivity contribution >= 4 is 22.4 Å². The van der Waals surface area contributed by atoms with Crippen molar-refractivity contribution in [2.75, 3.05) is 5.32 Å². The lowest BCUT2D eigenvalue weighted by atomic mass is 9.77. The molecule has 0 radical (unpaired) electrons. The first-order valence-corrected chi connectivity index (χ1v) is 7.39. The second-order valence-electron chi connectivity index (χ2n) is 5.19. The molecule has 1 aliphatic carbocycles. The maximum Gasteiger partial charge on any atom is 0.329 e. The molecule has 0 atom stereocenters. The summed E-state index contributed by atoms with van der Waals surface area (Å²) in [4.78, 5) is 16.0.